The van der Waals surface area contributed by atoms with E-state index in [0.29, 0.717) is 18.9 Å². The average Bonchev–Trinajstić information content (AvgIpc) is 3.19. The summed E-state index contributed by atoms with van der Waals surface area (Å²) in [5, 5.41) is 3.61. The topological polar surface area (TPSA) is 65.4 Å². The number of carbonyl (C=O) groups is 1. The van der Waals surface area contributed by atoms with E-state index in [1.165, 1.54) is 11.8 Å². The van der Waals surface area contributed by atoms with E-state index in [1.807, 2.05) is 65.4 Å². The van der Waals surface area contributed by atoms with Crippen LogP contribution in [0.3, 0.4) is 0 Å². The molecule has 1 N–H and O–H groups in total. The standard InChI is InChI=1S/C20H21N3O3S/c1-25-17-9-7-16(8-10-17)23-13-11-22-20(23)27-15-19(24)21-12-14-26-18-5-3-2-4-6-18/h2-11,13H,12,14-15H2,1H3,(H,21,24). The Morgan fingerprint density at radius 3 is 2.63 bits per heavy atom. The van der Waals surface area contributed by atoms with Crippen molar-refractivity contribution < 1.29 is 14.3 Å². The lowest BCUT2D eigenvalue weighted by atomic mass is 10.3. The summed E-state index contributed by atoms with van der Waals surface area (Å²) in [4.78, 5) is 16.4. The van der Waals surface area contributed by atoms with Gasteiger partial charge >= 0.3 is 0 Å². The number of aromatic nitrogens is 2. The van der Waals surface area contributed by atoms with Crippen molar-refractivity contribution in [3.8, 4) is 17.2 Å². The van der Waals surface area contributed by atoms with Gasteiger partial charge in [0.1, 0.15) is 18.1 Å². The van der Waals surface area contributed by atoms with Gasteiger partial charge < -0.3 is 14.8 Å². The van der Waals surface area contributed by atoms with Gasteiger partial charge in [-0.3, -0.25) is 9.36 Å². The molecule has 0 radical (unpaired) electrons. The number of benzene rings is 2. The highest BCUT2D eigenvalue weighted by molar-refractivity contribution is 7.99. The molecule has 0 aliphatic heterocycles. The third-order valence-corrected chi connectivity index (χ3v) is 4.69. The van der Waals surface area contributed by atoms with Crippen LogP contribution < -0.4 is 14.8 Å². The van der Waals surface area contributed by atoms with E-state index >= 15 is 0 Å². The fraction of sp³-hybridized carbons (Fsp3) is 0.200. The van der Waals surface area contributed by atoms with Crippen molar-refractivity contribution in [2.45, 2.75) is 5.16 Å². The van der Waals surface area contributed by atoms with Crippen molar-refractivity contribution >= 4 is 17.7 Å². The second-order valence-electron chi connectivity index (χ2n) is 5.58. The molecule has 2 aromatic carbocycles. The van der Waals surface area contributed by atoms with E-state index in [9.17, 15) is 4.79 Å². The molecule has 0 saturated carbocycles. The predicted molar refractivity (Wildman–Crippen MR) is 106 cm³/mol. The average molecular weight is 383 g/mol. The lowest BCUT2D eigenvalue weighted by Gasteiger charge is -2.09. The van der Waals surface area contributed by atoms with Gasteiger partial charge in [-0.1, -0.05) is 30.0 Å². The summed E-state index contributed by atoms with van der Waals surface area (Å²) in [6.07, 6.45) is 3.59. The fourth-order valence-corrected chi connectivity index (χ4v) is 3.20. The fourth-order valence-electron chi connectivity index (χ4n) is 2.39. The first-order chi connectivity index (χ1) is 13.3. The molecule has 27 heavy (non-hydrogen) atoms. The van der Waals surface area contributed by atoms with E-state index in [4.69, 9.17) is 9.47 Å². The Balaban J connectivity index is 1.44. The van der Waals surface area contributed by atoms with Gasteiger partial charge in [0.2, 0.25) is 5.91 Å². The third-order valence-electron chi connectivity index (χ3n) is 3.73. The lowest BCUT2D eigenvalue weighted by Crippen LogP contribution is -2.29. The smallest absolute Gasteiger partial charge is 0.230 e. The first-order valence-corrected chi connectivity index (χ1v) is 9.50. The van der Waals surface area contributed by atoms with E-state index in [1.54, 1.807) is 13.3 Å². The zero-order chi connectivity index (χ0) is 18.9. The van der Waals surface area contributed by atoms with Crippen LogP contribution in [-0.2, 0) is 4.79 Å². The Morgan fingerprint density at radius 1 is 1.11 bits per heavy atom. The van der Waals surface area contributed by atoms with Crippen molar-refractivity contribution in [2.24, 2.45) is 0 Å². The highest BCUT2D eigenvalue weighted by Crippen LogP contribution is 2.22. The van der Waals surface area contributed by atoms with Crippen molar-refractivity contribution in [1.29, 1.82) is 0 Å². The van der Waals surface area contributed by atoms with Gasteiger partial charge in [-0.2, -0.15) is 0 Å². The number of hydrogen-bond acceptors (Lipinski definition) is 5. The minimum Gasteiger partial charge on any atom is -0.497 e. The third kappa shape index (κ3) is 5.52. The molecule has 0 atom stereocenters. The maximum absolute atomic E-state index is 12.0. The lowest BCUT2D eigenvalue weighted by molar-refractivity contribution is -0.118. The number of thioether (sulfide) groups is 1. The molecule has 0 aliphatic carbocycles. The molecule has 0 spiro atoms. The number of methoxy groups -OCH3 is 1. The first kappa shape index (κ1) is 18.8. The van der Waals surface area contributed by atoms with Crippen LogP contribution >= 0.6 is 11.8 Å². The van der Waals surface area contributed by atoms with Crippen LogP contribution in [0.4, 0.5) is 0 Å². The number of ether oxygens (including phenoxy) is 2. The van der Waals surface area contributed by atoms with Gasteiger partial charge in [0.15, 0.2) is 5.16 Å². The molecule has 7 heteroatoms. The molecule has 0 fully saturated rings. The maximum Gasteiger partial charge on any atom is 0.230 e. The molecule has 0 saturated heterocycles. The second-order valence-corrected chi connectivity index (χ2v) is 6.52. The maximum atomic E-state index is 12.0. The summed E-state index contributed by atoms with van der Waals surface area (Å²) in [6, 6.07) is 17.2. The van der Waals surface area contributed by atoms with Crippen LogP contribution in [0.15, 0.2) is 72.1 Å². The molecule has 1 heterocycles. The van der Waals surface area contributed by atoms with Crippen LogP contribution in [0.2, 0.25) is 0 Å². The first-order valence-electron chi connectivity index (χ1n) is 8.51. The zero-order valence-electron chi connectivity index (χ0n) is 15.0. The van der Waals surface area contributed by atoms with Crippen LogP contribution in [0.1, 0.15) is 0 Å². The monoisotopic (exact) mass is 383 g/mol. The Morgan fingerprint density at radius 2 is 1.89 bits per heavy atom. The molecular weight excluding hydrogens is 362 g/mol. The number of hydrogen-bond donors (Lipinski definition) is 1. The molecule has 3 aromatic rings. The Hall–Kier alpha value is -2.93. The van der Waals surface area contributed by atoms with Gasteiger partial charge in [0.05, 0.1) is 19.4 Å². The number of nitrogens with zero attached hydrogens (tertiary/aromatic N) is 2. The van der Waals surface area contributed by atoms with Gasteiger partial charge in [0, 0.05) is 18.1 Å². The summed E-state index contributed by atoms with van der Waals surface area (Å²) in [5.74, 6) is 1.83. The number of nitrogens with one attached hydrogen (secondary N) is 1. The Labute approximate surface area is 162 Å². The zero-order valence-corrected chi connectivity index (χ0v) is 15.8. The molecular formula is C20H21N3O3S. The normalized spacial score (nSPS) is 10.4. The summed E-state index contributed by atoms with van der Waals surface area (Å²) >= 11 is 1.39. The van der Waals surface area contributed by atoms with E-state index in [0.717, 1.165) is 22.3 Å². The predicted octanol–water partition coefficient (Wildman–Crippen LogP) is 3.17. The van der Waals surface area contributed by atoms with E-state index in [2.05, 4.69) is 10.3 Å². The van der Waals surface area contributed by atoms with Crippen LogP contribution in [0, 0.1) is 0 Å². The number of amides is 1. The largest absolute Gasteiger partial charge is 0.497 e. The summed E-state index contributed by atoms with van der Waals surface area (Å²) in [6.45, 7) is 0.891. The number of carbonyl (C=O) groups excluding carboxylic acids is 1. The van der Waals surface area contributed by atoms with Crippen LogP contribution in [0.25, 0.3) is 5.69 Å². The number of para-hydroxylation sites is 1. The number of imidazole rings is 1. The SMILES string of the molecule is COc1ccc(-n2ccnc2SCC(=O)NCCOc2ccccc2)cc1. The molecule has 0 bridgehead atoms. The van der Waals surface area contributed by atoms with E-state index in [-0.39, 0.29) is 5.91 Å². The Kier molecular flexibility index (Phi) is 6.76. The van der Waals surface area contributed by atoms with Crippen molar-refractivity contribution in [1.82, 2.24) is 14.9 Å². The van der Waals surface area contributed by atoms with E-state index < -0.39 is 0 Å². The highest BCUT2D eigenvalue weighted by Gasteiger charge is 2.09. The molecule has 140 valence electrons. The quantitative estimate of drug-likeness (QED) is 0.454. The van der Waals surface area contributed by atoms with Gasteiger partial charge in [0.25, 0.3) is 0 Å². The minimum atomic E-state index is -0.0547. The highest BCUT2D eigenvalue weighted by atomic mass is 32.2. The summed E-state index contributed by atoms with van der Waals surface area (Å²) < 4.78 is 12.7. The van der Waals surface area contributed by atoms with Crippen molar-refractivity contribution in [3.63, 3.8) is 0 Å². The molecule has 3 rings (SSSR count). The Bertz CT molecular complexity index is 850. The van der Waals surface area contributed by atoms with Crippen LogP contribution in [-0.4, -0.2) is 41.5 Å². The summed E-state index contributed by atoms with van der Waals surface area (Å²) in [7, 11) is 1.64. The molecule has 1 aromatic heterocycles. The van der Waals surface area contributed by atoms with Crippen LogP contribution in [0.5, 0.6) is 11.5 Å². The van der Waals surface area contributed by atoms with Crippen molar-refractivity contribution in [2.75, 3.05) is 26.0 Å². The number of rotatable bonds is 9. The minimum absolute atomic E-state index is 0.0547. The molecule has 6 nitrogen and oxygen atoms in total. The second kappa shape index (κ2) is 9.68. The van der Waals surface area contributed by atoms with Gasteiger partial charge in [-0.05, 0) is 36.4 Å². The molecule has 0 unspecified atom stereocenters. The van der Waals surface area contributed by atoms with Gasteiger partial charge in [-0.15, -0.1) is 0 Å². The van der Waals surface area contributed by atoms with Crippen molar-refractivity contribution in [3.05, 3.63) is 67.0 Å². The summed E-state index contributed by atoms with van der Waals surface area (Å²) in [5.41, 5.74) is 0.965. The van der Waals surface area contributed by atoms with Gasteiger partial charge in [-0.25, -0.2) is 4.98 Å². The molecule has 1 amide bonds. The molecule has 0 aliphatic rings.